The van der Waals surface area contributed by atoms with Gasteiger partial charge in [0.25, 0.3) is 0 Å². The van der Waals surface area contributed by atoms with Gasteiger partial charge >= 0.3 is 0 Å². The van der Waals surface area contributed by atoms with Gasteiger partial charge < -0.3 is 10.6 Å². The van der Waals surface area contributed by atoms with Gasteiger partial charge in [-0.15, -0.1) is 11.8 Å². The van der Waals surface area contributed by atoms with Crippen LogP contribution in [-0.4, -0.2) is 17.4 Å². The molecule has 0 saturated heterocycles. The van der Waals surface area contributed by atoms with Gasteiger partial charge in [0.2, 0.25) is 0 Å². The number of benzene rings is 1. The number of rotatable bonds is 3. The first-order chi connectivity index (χ1) is 9.20. The SMILES string of the molecule is CSc1ccccc1NC(=S)N[C@@H]1CCCC[C@H]1C. The Morgan fingerprint density at radius 3 is 2.74 bits per heavy atom. The lowest BCUT2D eigenvalue weighted by molar-refractivity contribution is 0.309. The van der Waals surface area contributed by atoms with E-state index in [-0.39, 0.29) is 0 Å². The first kappa shape index (κ1) is 14.7. The summed E-state index contributed by atoms with van der Waals surface area (Å²) >= 11 is 7.18. The highest BCUT2D eigenvalue weighted by Crippen LogP contribution is 2.26. The quantitative estimate of drug-likeness (QED) is 0.642. The van der Waals surface area contributed by atoms with E-state index < -0.39 is 0 Å². The summed E-state index contributed by atoms with van der Waals surface area (Å²) < 4.78 is 0. The predicted octanol–water partition coefficient (Wildman–Crippen LogP) is 4.27. The minimum atomic E-state index is 0.523. The fourth-order valence-electron chi connectivity index (χ4n) is 2.61. The van der Waals surface area contributed by atoms with Crippen molar-refractivity contribution in [1.82, 2.24) is 5.32 Å². The first-order valence-electron chi connectivity index (χ1n) is 6.91. The van der Waals surface area contributed by atoms with Gasteiger partial charge in [0.1, 0.15) is 0 Å². The third-order valence-electron chi connectivity index (χ3n) is 3.78. The third-order valence-corrected chi connectivity index (χ3v) is 4.80. The smallest absolute Gasteiger partial charge is 0.171 e. The van der Waals surface area contributed by atoms with Crippen LogP contribution < -0.4 is 10.6 Å². The molecule has 0 amide bonds. The molecule has 1 fully saturated rings. The molecule has 0 aliphatic heterocycles. The Balaban J connectivity index is 1.93. The van der Waals surface area contributed by atoms with E-state index in [4.69, 9.17) is 12.2 Å². The Hall–Kier alpha value is -0.740. The molecule has 0 aromatic heterocycles. The van der Waals surface area contributed by atoms with Crippen molar-refractivity contribution in [1.29, 1.82) is 0 Å². The Morgan fingerprint density at radius 2 is 2.00 bits per heavy atom. The van der Waals surface area contributed by atoms with E-state index in [1.54, 1.807) is 11.8 Å². The van der Waals surface area contributed by atoms with Crippen LogP contribution in [0.2, 0.25) is 0 Å². The van der Waals surface area contributed by atoms with Crippen molar-refractivity contribution in [2.45, 2.75) is 43.5 Å². The van der Waals surface area contributed by atoms with E-state index in [9.17, 15) is 0 Å². The third kappa shape index (κ3) is 4.11. The summed E-state index contributed by atoms with van der Waals surface area (Å²) in [5.74, 6) is 0.712. The number of hydrogen-bond acceptors (Lipinski definition) is 2. The molecule has 1 aromatic carbocycles. The summed E-state index contributed by atoms with van der Waals surface area (Å²) in [6.45, 7) is 2.31. The fraction of sp³-hybridized carbons (Fsp3) is 0.533. The topological polar surface area (TPSA) is 24.1 Å². The van der Waals surface area contributed by atoms with Gasteiger partial charge in [-0.05, 0) is 49.4 Å². The zero-order valence-corrected chi connectivity index (χ0v) is 13.2. The maximum Gasteiger partial charge on any atom is 0.171 e. The average molecular weight is 294 g/mol. The molecule has 0 spiro atoms. The predicted molar refractivity (Wildman–Crippen MR) is 89.0 cm³/mol. The number of thioether (sulfide) groups is 1. The van der Waals surface area contributed by atoms with Crippen molar-refractivity contribution in [3.63, 3.8) is 0 Å². The minimum Gasteiger partial charge on any atom is -0.359 e. The molecule has 2 atom stereocenters. The molecule has 2 N–H and O–H groups in total. The molecular weight excluding hydrogens is 272 g/mol. The number of hydrogen-bond donors (Lipinski definition) is 2. The van der Waals surface area contributed by atoms with Crippen LogP contribution in [0.15, 0.2) is 29.2 Å². The van der Waals surface area contributed by atoms with E-state index in [1.165, 1.54) is 30.6 Å². The van der Waals surface area contributed by atoms with Gasteiger partial charge in [0.15, 0.2) is 5.11 Å². The molecule has 0 unspecified atom stereocenters. The van der Waals surface area contributed by atoms with Crippen LogP contribution in [0.25, 0.3) is 0 Å². The summed E-state index contributed by atoms with van der Waals surface area (Å²) in [6.07, 6.45) is 7.29. The highest BCUT2D eigenvalue weighted by molar-refractivity contribution is 7.98. The molecule has 1 saturated carbocycles. The standard InChI is InChI=1S/C15H22N2S2/c1-11-7-3-4-8-12(11)16-15(18)17-13-9-5-6-10-14(13)19-2/h5-6,9-12H,3-4,7-8H2,1-2H3,(H2,16,17,18)/t11-,12-/m1/s1. The molecule has 4 heteroatoms. The summed E-state index contributed by atoms with van der Waals surface area (Å²) in [5.41, 5.74) is 1.09. The second-order valence-electron chi connectivity index (χ2n) is 5.17. The molecule has 2 nitrogen and oxygen atoms in total. The van der Waals surface area contributed by atoms with Gasteiger partial charge in [0.05, 0.1) is 5.69 Å². The molecule has 0 radical (unpaired) electrons. The zero-order chi connectivity index (χ0) is 13.7. The molecule has 2 rings (SSSR count). The Morgan fingerprint density at radius 1 is 1.26 bits per heavy atom. The summed E-state index contributed by atoms with van der Waals surface area (Å²) in [5, 5.41) is 7.56. The van der Waals surface area contributed by atoms with E-state index in [2.05, 4.69) is 42.0 Å². The van der Waals surface area contributed by atoms with Gasteiger partial charge in [-0.3, -0.25) is 0 Å². The Labute approximate surface area is 125 Å². The molecule has 19 heavy (non-hydrogen) atoms. The molecule has 1 aliphatic carbocycles. The molecule has 104 valence electrons. The fourth-order valence-corrected chi connectivity index (χ4v) is 3.42. The van der Waals surface area contributed by atoms with Crippen LogP contribution in [0.3, 0.4) is 0 Å². The van der Waals surface area contributed by atoms with Crippen molar-refractivity contribution >= 4 is 34.8 Å². The highest BCUT2D eigenvalue weighted by Gasteiger charge is 2.21. The number of thiocarbonyl (C=S) groups is 1. The lowest BCUT2D eigenvalue weighted by Gasteiger charge is -2.30. The summed E-state index contributed by atoms with van der Waals surface area (Å²) in [6, 6.07) is 8.79. The van der Waals surface area contributed by atoms with Crippen molar-refractivity contribution in [2.24, 2.45) is 5.92 Å². The lowest BCUT2D eigenvalue weighted by Crippen LogP contribution is -2.43. The maximum absolute atomic E-state index is 5.45. The van der Waals surface area contributed by atoms with E-state index in [0.717, 1.165) is 10.8 Å². The van der Waals surface area contributed by atoms with E-state index in [0.29, 0.717) is 12.0 Å². The normalized spacial score (nSPS) is 22.8. The van der Waals surface area contributed by atoms with E-state index >= 15 is 0 Å². The first-order valence-corrected chi connectivity index (χ1v) is 8.54. The van der Waals surface area contributed by atoms with Crippen molar-refractivity contribution < 1.29 is 0 Å². The second-order valence-corrected chi connectivity index (χ2v) is 6.42. The van der Waals surface area contributed by atoms with Crippen LogP contribution in [0.5, 0.6) is 0 Å². The number of nitrogens with one attached hydrogen (secondary N) is 2. The number of anilines is 1. The largest absolute Gasteiger partial charge is 0.359 e. The lowest BCUT2D eigenvalue weighted by atomic mass is 9.86. The van der Waals surface area contributed by atoms with Crippen LogP contribution in [-0.2, 0) is 0 Å². The van der Waals surface area contributed by atoms with Crippen LogP contribution >= 0.6 is 24.0 Å². The van der Waals surface area contributed by atoms with E-state index in [1.807, 2.05) is 6.07 Å². The number of para-hydroxylation sites is 1. The monoisotopic (exact) mass is 294 g/mol. The second kappa shape index (κ2) is 7.15. The average Bonchev–Trinajstić information content (AvgIpc) is 2.42. The van der Waals surface area contributed by atoms with Crippen molar-refractivity contribution in [2.75, 3.05) is 11.6 Å². The highest BCUT2D eigenvalue weighted by atomic mass is 32.2. The van der Waals surface area contributed by atoms with Crippen LogP contribution in [0.4, 0.5) is 5.69 Å². The van der Waals surface area contributed by atoms with Gasteiger partial charge in [0, 0.05) is 10.9 Å². The molecule has 1 aromatic rings. The Bertz CT molecular complexity index is 434. The minimum absolute atomic E-state index is 0.523. The molecule has 0 bridgehead atoms. The molecule has 1 aliphatic rings. The summed E-state index contributed by atoms with van der Waals surface area (Å²) in [4.78, 5) is 1.23. The maximum atomic E-state index is 5.45. The van der Waals surface area contributed by atoms with Crippen LogP contribution in [0.1, 0.15) is 32.6 Å². The van der Waals surface area contributed by atoms with Gasteiger partial charge in [-0.25, -0.2) is 0 Å². The van der Waals surface area contributed by atoms with Crippen molar-refractivity contribution in [3.8, 4) is 0 Å². The van der Waals surface area contributed by atoms with Gasteiger partial charge in [-0.2, -0.15) is 0 Å². The summed E-state index contributed by atoms with van der Waals surface area (Å²) in [7, 11) is 0. The van der Waals surface area contributed by atoms with Gasteiger partial charge in [-0.1, -0.05) is 31.9 Å². The Kier molecular flexibility index (Phi) is 5.52. The molecular formula is C15H22N2S2. The van der Waals surface area contributed by atoms with Crippen molar-refractivity contribution in [3.05, 3.63) is 24.3 Å². The zero-order valence-electron chi connectivity index (χ0n) is 11.6. The van der Waals surface area contributed by atoms with Crippen LogP contribution in [0, 0.1) is 5.92 Å². The molecule has 0 heterocycles.